The van der Waals surface area contributed by atoms with Gasteiger partial charge in [0, 0.05) is 12.2 Å². The van der Waals surface area contributed by atoms with Crippen LogP contribution in [0.3, 0.4) is 0 Å². The molecule has 142 valence electrons. The number of hydrogen-bond donors (Lipinski definition) is 1. The van der Waals surface area contributed by atoms with Gasteiger partial charge in [-0.05, 0) is 73.4 Å². The van der Waals surface area contributed by atoms with Crippen LogP contribution in [0.2, 0.25) is 0 Å². The summed E-state index contributed by atoms with van der Waals surface area (Å²) in [5, 5.41) is 3.91. The molecular formula is C23H28N2O2. The summed E-state index contributed by atoms with van der Waals surface area (Å²) in [7, 11) is 3.41. The van der Waals surface area contributed by atoms with Crippen molar-refractivity contribution in [1.29, 1.82) is 0 Å². The first kappa shape index (κ1) is 18.1. The zero-order valence-corrected chi connectivity index (χ0v) is 16.4. The number of pyridine rings is 1. The minimum Gasteiger partial charge on any atom is -0.493 e. The summed E-state index contributed by atoms with van der Waals surface area (Å²) in [6.07, 6.45) is 11.0. The highest BCUT2D eigenvalue weighted by Crippen LogP contribution is 2.43. The average molecular weight is 364 g/mol. The minimum absolute atomic E-state index is 0.215. The predicted octanol–water partition coefficient (Wildman–Crippen LogP) is 4.69. The van der Waals surface area contributed by atoms with Crippen LogP contribution in [0.1, 0.15) is 53.7 Å². The Kier molecular flexibility index (Phi) is 5.17. The standard InChI is InChI=1S/C23H28N2O2/c1-15-9-10-19(24-14-15)20-11-17-12-21(26-2)22(27-3)13-18(17)23(25-20)16-7-5-4-6-8-16/h4-5,9-10,12-14,16,20,23,25H,6-8,11H2,1-3H3/t16-,20+,23+/m0/s1. The molecule has 4 rings (SSSR count). The van der Waals surface area contributed by atoms with Gasteiger partial charge in [-0.15, -0.1) is 0 Å². The quantitative estimate of drug-likeness (QED) is 0.799. The van der Waals surface area contributed by atoms with Crippen molar-refractivity contribution in [2.24, 2.45) is 5.92 Å². The van der Waals surface area contributed by atoms with Crippen molar-refractivity contribution in [3.8, 4) is 11.5 Å². The van der Waals surface area contributed by atoms with Gasteiger partial charge in [0.25, 0.3) is 0 Å². The predicted molar refractivity (Wildman–Crippen MR) is 107 cm³/mol. The fourth-order valence-electron chi connectivity index (χ4n) is 4.37. The summed E-state index contributed by atoms with van der Waals surface area (Å²) in [6.45, 7) is 2.08. The van der Waals surface area contributed by atoms with Crippen molar-refractivity contribution in [2.75, 3.05) is 14.2 Å². The molecule has 0 saturated carbocycles. The van der Waals surface area contributed by atoms with Gasteiger partial charge in [0.05, 0.1) is 26.0 Å². The van der Waals surface area contributed by atoms with Gasteiger partial charge in [0.2, 0.25) is 0 Å². The Hall–Kier alpha value is -2.33. The molecule has 0 radical (unpaired) electrons. The van der Waals surface area contributed by atoms with Gasteiger partial charge >= 0.3 is 0 Å². The van der Waals surface area contributed by atoms with Crippen LogP contribution in [-0.4, -0.2) is 19.2 Å². The highest BCUT2D eigenvalue weighted by atomic mass is 16.5. The zero-order valence-electron chi connectivity index (χ0n) is 16.4. The third kappa shape index (κ3) is 3.59. The maximum atomic E-state index is 5.58. The van der Waals surface area contributed by atoms with Gasteiger partial charge in [0.15, 0.2) is 11.5 Å². The molecule has 1 N–H and O–H groups in total. The first-order valence-electron chi connectivity index (χ1n) is 9.78. The number of aryl methyl sites for hydroxylation is 1. The molecule has 3 atom stereocenters. The number of aromatic nitrogens is 1. The molecular weight excluding hydrogens is 336 g/mol. The van der Waals surface area contributed by atoms with Crippen LogP contribution in [-0.2, 0) is 6.42 Å². The molecule has 1 aromatic carbocycles. The summed E-state index contributed by atoms with van der Waals surface area (Å²) in [5.74, 6) is 2.19. The van der Waals surface area contributed by atoms with Crippen molar-refractivity contribution in [3.05, 3.63) is 65.0 Å². The topological polar surface area (TPSA) is 43.4 Å². The van der Waals surface area contributed by atoms with Crippen LogP contribution in [0.15, 0.2) is 42.6 Å². The highest BCUT2D eigenvalue weighted by molar-refractivity contribution is 5.50. The Labute approximate surface area is 161 Å². The van der Waals surface area contributed by atoms with Crippen LogP contribution in [0.4, 0.5) is 0 Å². The normalized spacial score (nSPS) is 24.3. The lowest BCUT2D eigenvalue weighted by Gasteiger charge is -2.38. The number of hydrogen-bond acceptors (Lipinski definition) is 4. The first-order valence-corrected chi connectivity index (χ1v) is 9.78. The van der Waals surface area contributed by atoms with Crippen molar-refractivity contribution in [2.45, 2.75) is 44.7 Å². The fraction of sp³-hybridized carbons (Fsp3) is 0.435. The van der Waals surface area contributed by atoms with Crippen LogP contribution >= 0.6 is 0 Å². The Morgan fingerprint density at radius 1 is 1.07 bits per heavy atom. The molecule has 4 nitrogen and oxygen atoms in total. The fourth-order valence-corrected chi connectivity index (χ4v) is 4.37. The Balaban J connectivity index is 1.75. The second-order valence-electron chi connectivity index (χ2n) is 7.61. The van der Waals surface area contributed by atoms with Gasteiger partial charge in [-0.2, -0.15) is 0 Å². The molecule has 2 aromatic rings. The van der Waals surface area contributed by atoms with E-state index in [4.69, 9.17) is 14.5 Å². The SMILES string of the molecule is COc1cc2c(cc1OC)[C@@H]([C@H]1CC=CCC1)N[C@@H](c1ccc(C)cn1)C2. The van der Waals surface area contributed by atoms with Crippen LogP contribution in [0.5, 0.6) is 11.5 Å². The number of methoxy groups -OCH3 is 2. The zero-order chi connectivity index (χ0) is 18.8. The molecule has 0 unspecified atom stereocenters. The first-order chi connectivity index (χ1) is 13.2. The third-order valence-corrected chi connectivity index (χ3v) is 5.86. The Morgan fingerprint density at radius 3 is 2.56 bits per heavy atom. The van der Waals surface area contributed by atoms with Gasteiger partial charge in [-0.3, -0.25) is 4.98 Å². The monoisotopic (exact) mass is 364 g/mol. The number of fused-ring (bicyclic) bond motifs is 1. The number of allylic oxidation sites excluding steroid dienone is 2. The lowest BCUT2D eigenvalue weighted by Crippen LogP contribution is -2.38. The van der Waals surface area contributed by atoms with E-state index in [9.17, 15) is 0 Å². The summed E-state index contributed by atoms with van der Waals surface area (Å²) in [6, 6.07) is 9.13. The van der Waals surface area contributed by atoms with E-state index in [1.165, 1.54) is 23.1 Å². The molecule has 1 aliphatic carbocycles. The second kappa shape index (κ2) is 7.73. The number of rotatable bonds is 4. The molecule has 1 aromatic heterocycles. The van der Waals surface area contributed by atoms with Crippen molar-refractivity contribution in [1.82, 2.24) is 10.3 Å². The number of benzene rings is 1. The van der Waals surface area contributed by atoms with Crippen molar-refractivity contribution in [3.63, 3.8) is 0 Å². The summed E-state index contributed by atoms with van der Waals surface area (Å²) in [5.41, 5.74) is 4.97. The third-order valence-electron chi connectivity index (χ3n) is 5.86. The summed E-state index contributed by atoms with van der Waals surface area (Å²) < 4.78 is 11.2. The lowest BCUT2D eigenvalue weighted by atomic mass is 9.78. The van der Waals surface area contributed by atoms with Gasteiger partial charge in [-0.1, -0.05) is 18.2 Å². The van der Waals surface area contributed by atoms with Crippen molar-refractivity contribution >= 4 is 0 Å². The molecule has 27 heavy (non-hydrogen) atoms. The molecule has 0 amide bonds. The highest BCUT2D eigenvalue weighted by Gasteiger charge is 2.34. The minimum atomic E-state index is 0.215. The molecule has 0 saturated heterocycles. The smallest absolute Gasteiger partial charge is 0.161 e. The molecule has 4 heteroatoms. The Bertz CT molecular complexity index is 829. The van der Waals surface area contributed by atoms with E-state index < -0.39 is 0 Å². The summed E-state index contributed by atoms with van der Waals surface area (Å²) >= 11 is 0. The van der Waals surface area contributed by atoms with E-state index in [0.717, 1.165) is 36.5 Å². The van der Waals surface area contributed by atoms with Gasteiger partial charge in [-0.25, -0.2) is 0 Å². The molecule has 2 aliphatic rings. The van der Waals surface area contributed by atoms with E-state index in [0.29, 0.717) is 12.0 Å². The molecule has 0 fully saturated rings. The average Bonchev–Trinajstić information content (AvgIpc) is 2.73. The maximum Gasteiger partial charge on any atom is 0.161 e. The molecule has 0 bridgehead atoms. The van der Waals surface area contributed by atoms with E-state index >= 15 is 0 Å². The van der Waals surface area contributed by atoms with Gasteiger partial charge < -0.3 is 14.8 Å². The molecule has 2 heterocycles. The van der Waals surface area contributed by atoms with E-state index in [2.05, 4.69) is 48.7 Å². The van der Waals surface area contributed by atoms with Crippen molar-refractivity contribution < 1.29 is 9.47 Å². The van der Waals surface area contributed by atoms with Crippen LogP contribution < -0.4 is 14.8 Å². The number of ether oxygens (including phenoxy) is 2. The van der Waals surface area contributed by atoms with Crippen LogP contribution in [0.25, 0.3) is 0 Å². The number of nitrogens with one attached hydrogen (secondary N) is 1. The maximum absolute atomic E-state index is 5.58. The van der Waals surface area contributed by atoms with Crippen LogP contribution in [0, 0.1) is 12.8 Å². The molecule has 0 spiro atoms. The largest absolute Gasteiger partial charge is 0.493 e. The Morgan fingerprint density at radius 2 is 1.89 bits per heavy atom. The van der Waals surface area contributed by atoms with E-state index in [1.807, 2.05) is 6.20 Å². The van der Waals surface area contributed by atoms with E-state index in [-0.39, 0.29) is 6.04 Å². The van der Waals surface area contributed by atoms with Gasteiger partial charge in [0.1, 0.15) is 0 Å². The lowest BCUT2D eigenvalue weighted by molar-refractivity contribution is 0.282. The molecule has 1 aliphatic heterocycles. The second-order valence-corrected chi connectivity index (χ2v) is 7.61. The summed E-state index contributed by atoms with van der Waals surface area (Å²) in [4.78, 5) is 4.70. The number of nitrogens with zero attached hydrogens (tertiary/aromatic N) is 1. The van der Waals surface area contributed by atoms with E-state index in [1.54, 1.807) is 14.2 Å².